The van der Waals surface area contributed by atoms with Crippen LogP contribution in [-0.4, -0.2) is 66.3 Å². The minimum atomic E-state index is -1.41. The zero-order chi connectivity index (χ0) is 28.7. The summed E-state index contributed by atoms with van der Waals surface area (Å²) in [4.78, 5) is 50.6. The van der Waals surface area contributed by atoms with E-state index in [1.165, 1.54) is 20.1 Å². The SMILES string of the molecule is C=C1C2CCC3(C)C(C4=CC(O)OC4=O)OC(=O)CC13OC1CC(OC(C)=O)C(C)(C)C(CC(=O)OC)C12C. The highest BCUT2D eigenvalue weighted by atomic mass is 16.6. The summed E-state index contributed by atoms with van der Waals surface area (Å²) in [5.41, 5.74) is -2.41. The molecule has 0 amide bonds. The number of rotatable bonds is 4. The first-order valence-corrected chi connectivity index (χ1v) is 13.5. The smallest absolute Gasteiger partial charge is 0.340 e. The molecule has 2 bridgehead atoms. The number of hydrogen-bond donors (Lipinski definition) is 1. The van der Waals surface area contributed by atoms with Gasteiger partial charge >= 0.3 is 23.9 Å². The molecule has 3 heterocycles. The van der Waals surface area contributed by atoms with Gasteiger partial charge in [0.15, 0.2) is 0 Å². The Balaban J connectivity index is 1.63. The van der Waals surface area contributed by atoms with Crippen LogP contribution in [0.4, 0.5) is 0 Å². The van der Waals surface area contributed by atoms with E-state index in [4.69, 9.17) is 23.7 Å². The van der Waals surface area contributed by atoms with Gasteiger partial charge in [-0.15, -0.1) is 0 Å². The summed E-state index contributed by atoms with van der Waals surface area (Å²) in [6.45, 7) is 13.9. The Morgan fingerprint density at radius 2 is 1.87 bits per heavy atom. The molecule has 9 unspecified atom stereocenters. The molecule has 0 aromatic rings. The van der Waals surface area contributed by atoms with Gasteiger partial charge in [0.1, 0.15) is 17.8 Å². The van der Waals surface area contributed by atoms with Gasteiger partial charge in [-0.1, -0.05) is 34.3 Å². The number of methoxy groups -OCH3 is 1. The number of esters is 4. The van der Waals surface area contributed by atoms with Crippen LogP contribution in [0.5, 0.6) is 0 Å². The molecule has 1 spiro atoms. The molecule has 1 N–H and O–H groups in total. The second-order valence-corrected chi connectivity index (χ2v) is 12.8. The van der Waals surface area contributed by atoms with E-state index >= 15 is 0 Å². The molecule has 0 aromatic heterocycles. The number of hydrogen-bond acceptors (Lipinski definition) is 10. The van der Waals surface area contributed by atoms with Crippen LogP contribution in [0.25, 0.3) is 0 Å². The molecule has 5 aliphatic rings. The van der Waals surface area contributed by atoms with E-state index in [2.05, 4.69) is 13.5 Å². The van der Waals surface area contributed by atoms with Gasteiger partial charge in [-0.2, -0.15) is 0 Å². The van der Waals surface area contributed by atoms with Crippen molar-refractivity contribution in [1.82, 2.24) is 0 Å². The topological polar surface area (TPSA) is 135 Å². The minimum Gasteiger partial charge on any atom is -0.469 e. The first kappa shape index (κ1) is 27.8. The second kappa shape index (κ2) is 8.89. The summed E-state index contributed by atoms with van der Waals surface area (Å²) >= 11 is 0. The number of fused-ring (bicyclic) bond motifs is 3. The van der Waals surface area contributed by atoms with Gasteiger partial charge in [0.2, 0.25) is 6.29 Å². The quantitative estimate of drug-likeness (QED) is 0.319. The second-order valence-electron chi connectivity index (χ2n) is 12.8. The van der Waals surface area contributed by atoms with Gasteiger partial charge in [-0.3, -0.25) is 14.4 Å². The van der Waals surface area contributed by atoms with Crippen molar-refractivity contribution in [2.75, 3.05) is 7.11 Å². The molecule has 0 radical (unpaired) electrons. The molecule has 10 nitrogen and oxygen atoms in total. The lowest BCUT2D eigenvalue weighted by Gasteiger charge is -2.71. The van der Waals surface area contributed by atoms with Crippen LogP contribution < -0.4 is 0 Å². The average molecular weight is 547 g/mol. The molecule has 2 aliphatic carbocycles. The summed E-state index contributed by atoms with van der Waals surface area (Å²) in [5, 5.41) is 9.95. The van der Waals surface area contributed by atoms with E-state index in [0.29, 0.717) is 19.3 Å². The van der Waals surface area contributed by atoms with Crippen LogP contribution in [0.2, 0.25) is 0 Å². The summed E-state index contributed by atoms with van der Waals surface area (Å²) < 4.78 is 28.7. The van der Waals surface area contributed by atoms with E-state index in [1.54, 1.807) is 0 Å². The highest BCUT2D eigenvalue weighted by Gasteiger charge is 2.74. The van der Waals surface area contributed by atoms with Gasteiger partial charge in [0.05, 0.1) is 25.2 Å². The van der Waals surface area contributed by atoms with Crippen molar-refractivity contribution < 1.29 is 48.0 Å². The Morgan fingerprint density at radius 1 is 1.18 bits per heavy atom. The van der Waals surface area contributed by atoms with Crippen LogP contribution >= 0.6 is 0 Å². The lowest BCUT2D eigenvalue weighted by molar-refractivity contribution is -0.310. The van der Waals surface area contributed by atoms with E-state index in [0.717, 1.165) is 5.57 Å². The monoisotopic (exact) mass is 546 g/mol. The fourth-order valence-corrected chi connectivity index (χ4v) is 8.63. The normalized spacial score (nSPS) is 44.3. The van der Waals surface area contributed by atoms with Crippen molar-refractivity contribution in [2.45, 2.75) is 96.9 Å². The molecule has 2 saturated heterocycles. The van der Waals surface area contributed by atoms with Crippen LogP contribution in [0.15, 0.2) is 23.8 Å². The molecule has 0 aromatic carbocycles. The number of carbonyl (C=O) groups excluding carboxylic acids is 4. The van der Waals surface area contributed by atoms with Crippen molar-refractivity contribution in [2.24, 2.45) is 28.1 Å². The lowest BCUT2D eigenvalue weighted by Crippen LogP contribution is -2.74. The van der Waals surface area contributed by atoms with Gasteiger partial charge in [0, 0.05) is 36.0 Å². The van der Waals surface area contributed by atoms with Gasteiger partial charge in [-0.05, 0) is 36.3 Å². The summed E-state index contributed by atoms with van der Waals surface area (Å²) in [6.07, 6.45) is -0.609. The van der Waals surface area contributed by atoms with Crippen molar-refractivity contribution >= 4 is 23.9 Å². The standard InChI is InChI=1S/C29H38O10/c1-14-17-8-9-27(5)24(16-10-22(32)38-25(16)34)37-23(33)13-29(14,27)39-20-12-19(36-15(2)30)26(3,4)18(28(17,20)6)11-21(31)35-7/h10,17-20,22,24,32H,1,8-9,11-13H2,2-7H3. The number of aliphatic hydroxyl groups is 1. The van der Waals surface area contributed by atoms with E-state index < -0.39 is 64.4 Å². The summed E-state index contributed by atoms with van der Waals surface area (Å²) in [6, 6.07) is 0. The zero-order valence-corrected chi connectivity index (χ0v) is 23.4. The number of carbonyl (C=O) groups is 4. The first-order chi connectivity index (χ1) is 18.1. The molecular weight excluding hydrogens is 508 g/mol. The Kier molecular flexibility index (Phi) is 6.35. The Bertz CT molecular complexity index is 1170. The van der Waals surface area contributed by atoms with Crippen molar-refractivity contribution in [3.8, 4) is 0 Å². The predicted octanol–water partition coefficient (Wildman–Crippen LogP) is 2.76. The average Bonchev–Trinajstić information content (AvgIpc) is 3.17. The van der Waals surface area contributed by atoms with E-state index in [1.807, 2.05) is 20.8 Å². The summed E-state index contributed by atoms with van der Waals surface area (Å²) in [7, 11) is 1.35. The predicted molar refractivity (Wildman–Crippen MR) is 134 cm³/mol. The highest BCUT2D eigenvalue weighted by Crippen LogP contribution is 2.71. The molecule has 9 atom stereocenters. The molecule has 3 aliphatic heterocycles. The Morgan fingerprint density at radius 3 is 2.46 bits per heavy atom. The molecule has 4 fully saturated rings. The largest absolute Gasteiger partial charge is 0.469 e. The first-order valence-electron chi connectivity index (χ1n) is 13.5. The van der Waals surface area contributed by atoms with Gasteiger partial charge in [-0.25, -0.2) is 4.79 Å². The number of aliphatic hydroxyl groups excluding tert-OH is 1. The Hall–Kier alpha value is -2.72. The van der Waals surface area contributed by atoms with E-state index in [9.17, 15) is 24.3 Å². The van der Waals surface area contributed by atoms with Crippen molar-refractivity contribution in [1.29, 1.82) is 0 Å². The maximum Gasteiger partial charge on any atom is 0.340 e. The van der Waals surface area contributed by atoms with Crippen LogP contribution in [-0.2, 0) is 42.9 Å². The Labute approximate surface area is 228 Å². The third kappa shape index (κ3) is 3.74. The van der Waals surface area contributed by atoms with E-state index in [-0.39, 0.29) is 36.2 Å². The van der Waals surface area contributed by atoms with Gasteiger partial charge in [0.25, 0.3) is 0 Å². The molecule has 214 valence electrons. The molecule has 10 heteroatoms. The summed E-state index contributed by atoms with van der Waals surface area (Å²) in [5.74, 6) is -2.49. The highest BCUT2D eigenvalue weighted by molar-refractivity contribution is 5.93. The fraction of sp³-hybridized carbons (Fsp3) is 0.724. The molecule has 5 rings (SSSR count). The lowest BCUT2D eigenvalue weighted by atomic mass is 9.41. The maximum absolute atomic E-state index is 13.1. The van der Waals surface area contributed by atoms with Crippen molar-refractivity contribution in [3.05, 3.63) is 23.8 Å². The fourth-order valence-electron chi connectivity index (χ4n) is 8.63. The third-order valence-electron chi connectivity index (χ3n) is 10.7. The third-order valence-corrected chi connectivity index (χ3v) is 10.7. The molecule has 39 heavy (non-hydrogen) atoms. The van der Waals surface area contributed by atoms with Crippen molar-refractivity contribution in [3.63, 3.8) is 0 Å². The maximum atomic E-state index is 13.1. The zero-order valence-electron chi connectivity index (χ0n) is 23.4. The van der Waals surface area contributed by atoms with Gasteiger partial charge < -0.3 is 28.8 Å². The van der Waals surface area contributed by atoms with Crippen LogP contribution in [0.3, 0.4) is 0 Å². The van der Waals surface area contributed by atoms with Crippen LogP contribution in [0, 0.1) is 28.1 Å². The minimum absolute atomic E-state index is 0.0872. The molecule has 2 saturated carbocycles. The number of ether oxygens (including phenoxy) is 5. The molecular formula is C29H38O10. The number of cyclic esters (lactones) is 2. The van der Waals surface area contributed by atoms with Crippen LogP contribution in [0.1, 0.15) is 66.7 Å².